The molecule has 0 radical (unpaired) electrons. The zero-order valence-corrected chi connectivity index (χ0v) is 11.4. The van der Waals surface area contributed by atoms with Crippen molar-refractivity contribution in [3.8, 4) is 0 Å². The first-order chi connectivity index (χ1) is 8.45. The van der Waals surface area contributed by atoms with Crippen LogP contribution in [0.2, 0.25) is 0 Å². The number of rotatable bonds is 2. The first-order valence-electron chi connectivity index (χ1n) is 5.39. The van der Waals surface area contributed by atoms with Gasteiger partial charge in [0.1, 0.15) is 6.17 Å². The summed E-state index contributed by atoms with van der Waals surface area (Å²) in [4.78, 5) is 24.9. The fourth-order valence-corrected chi connectivity index (χ4v) is 2.66. The molecule has 100 valence electrons. The molecule has 0 amide bonds. The molecule has 18 heavy (non-hydrogen) atoms. The smallest absolute Gasteiger partial charge is 0.328 e. The molecule has 1 aliphatic rings. The molecule has 1 aliphatic carbocycles. The van der Waals surface area contributed by atoms with Crippen LogP contribution in [0.25, 0.3) is 0 Å². The second-order valence-corrected chi connectivity index (χ2v) is 5.49. The van der Waals surface area contributed by atoms with Crippen molar-refractivity contribution in [3.05, 3.63) is 30.6 Å². The third kappa shape index (κ3) is 2.24. The van der Waals surface area contributed by atoms with Gasteiger partial charge >= 0.3 is 5.69 Å². The van der Waals surface area contributed by atoms with Gasteiger partial charge in [0.05, 0.1) is 15.7 Å². The molecule has 1 aromatic heterocycles. The summed E-state index contributed by atoms with van der Waals surface area (Å²) in [5.74, 6) is -0.596. The first kappa shape index (κ1) is 13.7. The van der Waals surface area contributed by atoms with Gasteiger partial charge in [-0.3, -0.25) is 14.3 Å². The van der Waals surface area contributed by atoms with E-state index in [2.05, 4.69) is 4.98 Å². The minimum Gasteiger partial charge on any atom is -0.396 e. The maximum Gasteiger partial charge on any atom is 0.328 e. The molecule has 0 spiro atoms. The van der Waals surface area contributed by atoms with Crippen LogP contribution in [0.1, 0.15) is 12.5 Å². The second-order valence-electron chi connectivity index (χ2n) is 4.32. The highest BCUT2D eigenvalue weighted by Crippen LogP contribution is 2.36. The topological polar surface area (TPSA) is 95.3 Å². The lowest BCUT2D eigenvalue weighted by Gasteiger charge is -2.16. The minimum atomic E-state index is -1.64. The van der Waals surface area contributed by atoms with Crippen LogP contribution in [0, 0.1) is 9.49 Å². The van der Waals surface area contributed by atoms with Crippen molar-refractivity contribution in [2.75, 3.05) is 6.61 Å². The Labute approximate surface area is 115 Å². The minimum absolute atomic E-state index is 0.154. The summed E-state index contributed by atoms with van der Waals surface area (Å²) in [6, 6.07) is -0.866. The summed E-state index contributed by atoms with van der Waals surface area (Å²) in [5.41, 5.74) is -1.23. The van der Waals surface area contributed by atoms with Crippen molar-refractivity contribution in [1.82, 2.24) is 9.55 Å². The van der Waals surface area contributed by atoms with Gasteiger partial charge in [0, 0.05) is 18.7 Å². The Morgan fingerprint density at radius 1 is 1.56 bits per heavy atom. The first-order valence-corrected chi connectivity index (χ1v) is 6.47. The standard InChI is InChI=1S/C10H12FIN2O4/c11-7-6(1-4(3-15)8(7)16)14-2-5(12)9(17)13-10(14)18/h2,4,6-8,15-16H,1,3H2,(H,13,17,18)/t4-,6-,7-,8-/m1/s1. The molecular weight excluding hydrogens is 358 g/mol. The molecule has 8 heteroatoms. The Morgan fingerprint density at radius 3 is 2.78 bits per heavy atom. The van der Waals surface area contributed by atoms with Crippen molar-refractivity contribution in [3.63, 3.8) is 0 Å². The van der Waals surface area contributed by atoms with Crippen LogP contribution in [-0.2, 0) is 0 Å². The van der Waals surface area contributed by atoms with E-state index in [1.807, 2.05) is 0 Å². The van der Waals surface area contributed by atoms with Crippen LogP contribution in [-0.4, -0.2) is 38.6 Å². The van der Waals surface area contributed by atoms with E-state index >= 15 is 0 Å². The fourth-order valence-electron chi connectivity index (χ4n) is 2.22. The van der Waals surface area contributed by atoms with Gasteiger partial charge in [-0.2, -0.15) is 0 Å². The van der Waals surface area contributed by atoms with Crippen LogP contribution >= 0.6 is 22.6 Å². The normalized spacial score (nSPS) is 31.8. The molecule has 1 fully saturated rings. The van der Waals surface area contributed by atoms with Crippen molar-refractivity contribution < 1.29 is 14.6 Å². The summed E-state index contributed by atoms with van der Waals surface area (Å²) < 4.78 is 15.2. The average molecular weight is 370 g/mol. The van der Waals surface area contributed by atoms with Crippen molar-refractivity contribution in [2.24, 2.45) is 5.92 Å². The van der Waals surface area contributed by atoms with E-state index in [0.717, 1.165) is 4.57 Å². The molecule has 4 atom stereocenters. The predicted octanol–water partition coefficient (Wildman–Crippen LogP) is -0.606. The Bertz CT molecular complexity index is 558. The summed E-state index contributed by atoms with van der Waals surface area (Å²) in [6.45, 7) is -0.340. The van der Waals surface area contributed by atoms with E-state index < -0.39 is 35.5 Å². The number of hydrogen-bond donors (Lipinski definition) is 3. The van der Waals surface area contributed by atoms with E-state index in [0.29, 0.717) is 0 Å². The molecule has 3 N–H and O–H groups in total. The molecule has 0 unspecified atom stereocenters. The molecule has 1 aromatic rings. The number of alkyl halides is 1. The number of nitrogens with one attached hydrogen (secondary N) is 1. The molecule has 1 saturated carbocycles. The second kappa shape index (κ2) is 5.10. The van der Waals surface area contributed by atoms with E-state index in [1.165, 1.54) is 6.20 Å². The molecule has 2 rings (SSSR count). The highest BCUT2D eigenvalue weighted by atomic mass is 127. The van der Waals surface area contributed by atoms with Crippen molar-refractivity contribution in [1.29, 1.82) is 0 Å². The number of aromatic nitrogens is 2. The van der Waals surface area contributed by atoms with Gasteiger partial charge in [0.2, 0.25) is 0 Å². The highest BCUT2D eigenvalue weighted by Gasteiger charge is 2.43. The number of hydrogen-bond acceptors (Lipinski definition) is 4. The van der Waals surface area contributed by atoms with Gasteiger partial charge in [-0.05, 0) is 29.0 Å². The lowest BCUT2D eigenvalue weighted by Crippen LogP contribution is -2.36. The maximum atomic E-state index is 13.9. The quantitative estimate of drug-likeness (QED) is 0.606. The number of nitrogens with zero attached hydrogens (tertiary/aromatic N) is 1. The van der Waals surface area contributed by atoms with E-state index in [4.69, 9.17) is 5.11 Å². The van der Waals surface area contributed by atoms with Crippen molar-refractivity contribution >= 4 is 22.6 Å². The number of aliphatic hydroxyl groups excluding tert-OH is 2. The molecule has 0 bridgehead atoms. The Hall–Kier alpha value is -0.740. The third-order valence-corrected chi connectivity index (χ3v) is 4.01. The third-order valence-electron chi connectivity index (χ3n) is 3.24. The summed E-state index contributed by atoms with van der Waals surface area (Å²) >= 11 is 1.74. The van der Waals surface area contributed by atoms with E-state index in [1.54, 1.807) is 22.6 Å². The van der Waals surface area contributed by atoms with Crippen LogP contribution in [0.15, 0.2) is 15.8 Å². The summed E-state index contributed by atoms with van der Waals surface area (Å²) in [5, 5.41) is 18.6. The van der Waals surface area contributed by atoms with Gasteiger partial charge in [0.15, 0.2) is 0 Å². The van der Waals surface area contributed by atoms with Crippen molar-refractivity contribution in [2.45, 2.75) is 24.7 Å². The molecule has 0 aromatic carbocycles. The maximum absolute atomic E-state index is 13.9. The fraction of sp³-hybridized carbons (Fsp3) is 0.600. The molecule has 0 saturated heterocycles. The zero-order valence-electron chi connectivity index (χ0n) is 9.22. The van der Waals surface area contributed by atoms with E-state index in [-0.39, 0.29) is 16.6 Å². The van der Waals surface area contributed by atoms with Gasteiger partial charge < -0.3 is 10.2 Å². The van der Waals surface area contributed by atoms with Crippen LogP contribution in [0.5, 0.6) is 0 Å². The SMILES string of the molecule is O=c1[nH]c(=O)n([C@@H]2C[C@H](CO)[C@@H](O)[C@@H]2F)cc1I. The molecular formula is C10H12FIN2O4. The lowest BCUT2D eigenvalue weighted by atomic mass is 10.1. The largest absolute Gasteiger partial charge is 0.396 e. The Balaban J connectivity index is 2.42. The Morgan fingerprint density at radius 2 is 2.22 bits per heavy atom. The van der Waals surface area contributed by atoms with E-state index in [9.17, 15) is 19.1 Å². The van der Waals surface area contributed by atoms with Crippen LogP contribution < -0.4 is 11.2 Å². The number of H-pyrrole nitrogens is 1. The van der Waals surface area contributed by atoms with Crippen LogP contribution in [0.4, 0.5) is 4.39 Å². The van der Waals surface area contributed by atoms with Crippen LogP contribution in [0.3, 0.4) is 0 Å². The Kier molecular flexibility index (Phi) is 3.87. The number of aliphatic hydroxyl groups is 2. The summed E-state index contributed by atoms with van der Waals surface area (Å²) in [7, 11) is 0. The zero-order chi connectivity index (χ0) is 13.4. The van der Waals surface area contributed by atoms with Gasteiger partial charge in [0.25, 0.3) is 5.56 Å². The molecule has 0 aliphatic heterocycles. The highest BCUT2D eigenvalue weighted by molar-refractivity contribution is 14.1. The average Bonchev–Trinajstić information content (AvgIpc) is 2.61. The lowest BCUT2D eigenvalue weighted by molar-refractivity contribution is 0.0395. The molecule has 6 nitrogen and oxygen atoms in total. The number of aromatic amines is 1. The predicted molar refractivity (Wildman–Crippen MR) is 69.2 cm³/mol. The van der Waals surface area contributed by atoms with Gasteiger partial charge in [-0.15, -0.1) is 0 Å². The summed E-state index contributed by atoms with van der Waals surface area (Å²) in [6.07, 6.45) is -1.51. The molecule has 1 heterocycles. The number of halogens is 2. The van der Waals surface area contributed by atoms with Gasteiger partial charge in [-0.25, -0.2) is 9.18 Å². The monoisotopic (exact) mass is 370 g/mol. The van der Waals surface area contributed by atoms with Gasteiger partial charge in [-0.1, -0.05) is 0 Å².